The summed E-state index contributed by atoms with van der Waals surface area (Å²) in [5.41, 5.74) is 0.994. The van der Waals surface area contributed by atoms with Gasteiger partial charge in [-0.2, -0.15) is 0 Å². The molecule has 0 unspecified atom stereocenters. The molecular weight excluding hydrogens is 380 g/mol. The minimum absolute atomic E-state index is 0.0706. The van der Waals surface area contributed by atoms with E-state index in [4.69, 9.17) is 13.9 Å². The first kappa shape index (κ1) is 25.1. The topological polar surface area (TPSA) is 47.9 Å². The van der Waals surface area contributed by atoms with E-state index in [1.54, 1.807) is 0 Å². The molecule has 1 spiro atoms. The van der Waals surface area contributed by atoms with Gasteiger partial charge in [0.25, 0.3) is 0 Å². The lowest BCUT2D eigenvalue weighted by Crippen LogP contribution is -2.56. The first-order valence-corrected chi connectivity index (χ1v) is 14.5. The molecule has 0 aromatic heterocycles. The molecule has 2 aliphatic heterocycles. The number of hydrogen-bond acceptors (Lipinski definition) is 4. The fraction of sp³-hybridized carbons (Fsp3) is 0.917. The molecule has 0 radical (unpaired) electrons. The van der Waals surface area contributed by atoms with Crippen molar-refractivity contribution in [2.75, 3.05) is 6.61 Å². The van der Waals surface area contributed by atoms with Crippen molar-refractivity contribution in [2.24, 2.45) is 11.8 Å². The zero-order chi connectivity index (χ0) is 22.0. The lowest BCUT2D eigenvalue weighted by molar-refractivity contribution is -0.338. The lowest BCUT2D eigenvalue weighted by Gasteiger charge is -2.52. The standard InChI is InChI=1S/C24H46O4Si/c1-17(2)22-19(4)12-13-24(27-22)15-21(28-29(8,9)23(5,6)7)14-20(26-24)11-10-18(3)16-25/h10,17,19-22,25H,11-16H2,1-9H3/b18-10+/t19-,20+,21-,22+,24+/m0/s1. The average molecular weight is 427 g/mol. The van der Waals surface area contributed by atoms with E-state index in [9.17, 15) is 5.11 Å². The van der Waals surface area contributed by atoms with Crippen molar-refractivity contribution in [1.82, 2.24) is 0 Å². The number of hydrogen-bond donors (Lipinski definition) is 1. The first-order chi connectivity index (χ1) is 13.3. The molecule has 29 heavy (non-hydrogen) atoms. The molecule has 5 atom stereocenters. The Hall–Kier alpha value is -0.203. The summed E-state index contributed by atoms with van der Waals surface area (Å²) >= 11 is 0. The van der Waals surface area contributed by atoms with E-state index in [1.165, 1.54) is 0 Å². The molecule has 0 bridgehead atoms. The van der Waals surface area contributed by atoms with Gasteiger partial charge >= 0.3 is 0 Å². The Kier molecular flexibility index (Phi) is 8.22. The normalized spacial score (nSPS) is 34.8. The van der Waals surface area contributed by atoms with Crippen LogP contribution in [0.5, 0.6) is 0 Å². The second-order valence-electron chi connectivity index (χ2n) is 11.4. The molecule has 0 aliphatic carbocycles. The second kappa shape index (κ2) is 9.52. The molecule has 4 nitrogen and oxygen atoms in total. The molecule has 2 aliphatic rings. The predicted molar refractivity (Wildman–Crippen MR) is 122 cm³/mol. The van der Waals surface area contributed by atoms with Gasteiger partial charge in [0.1, 0.15) is 0 Å². The third-order valence-corrected chi connectivity index (χ3v) is 11.8. The van der Waals surface area contributed by atoms with Crippen LogP contribution in [0, 0.1) is 11.8 Å². The van der Waals surface area contributed by atoms with Gasteiger partial charge in [-0.15, -0.1) is 0 Å². The maximum atomic E-state index is 9.37. The van der Waals surface area contributed by atoms with Crippen molar-refractivity contribution < 1.29 is 19.0 Å². The Bertz CT molecular complexity index is 566. The van der Waals surface area contributed by atoms with Gasteiger partial charge in [0.15, 0.2) is 14.1 Å². The third kappa shape index (κ3) is 6.39. The Morgan fingerprint density at radius 1 is 1.28 bits per heavy atom. The van der Waals surface area contributed by atoms with Gasteiger partial charge in [-0.25, -0.2) is 0 Å². The summed E-state index contributed by atoms with van der Waals surface area (Å²) in [5.74, 6) is 0.501. The summed E-state index contributed by atoms with van der Waals surface area (Å²) in [7, 11) is -1.87. The van der Waals surface area contributed by atoms with Crippen molar-refractivity contribution >= 4 is 8.32 Å². The van der Waals surface area contributed by atoms with Crippen molar-refractivity contribution in [3.05, 3.63) is 11.6 Å². The Morgan fingerprint density at radius 3 is 2.48 bits per heavy atom. The molecule has 0 saturated carbocycles. The van der Waals surface area contributed by atoms with Crippen LogP contribution in [-0.2, 0) is 13.9 Å². The van der Waals surface area contributed by atoms with E-state index < -0.39 is 14.1 Å². The van der Waals surface area contributed by atoms with Crippen LogP contribution in [0.1, 0.15) is 80.6 Å². The van der Waals surface area contributed by atoms with Gasteiger partial charge in [0.2, 0.25) is 0 Å². The fourth-order valence-corrected chi connectivity index (χ4v) is 5.78. The van der Waals surface area contributed by atoms with Crippen LogP contribution in [-0.4, -0.2) is 44.1 Å². The monoisotopic (exact) mass is 426 g/mol. The maximum Gasteiger partial charge on any atom is 0.192 e. The SMILES string of the molecule is C/C(=C\C[C@@H]1C[C@H](O[Si](C)(C)C(C)(C)C)C[C@]2(CC[C@H](C)[C@@H](C(C)C)O2)O1)CO. The van der Waals surface area contributed by atoms with E-state index in [2.05, 4.69) is 60.7 Å². The summed E-state index contributed by atoms with van der Waals surface area (Å²) in [6.45, 7) is 20.4. The van der Waals surface area contributed by atoms with Crippen molar-refractivity contribution in [3.63, 3.8) is 0 Å². The highest BCUT2D eigenvalue weighted by atomic mass is 28.4. The molecule has 5 heteroatoms. The molecule has 2 heterocycles. The molecule has 170 valence electrons. The number of aliphatic hydroxyl groups excluding tert-OH is 1. The van der Waals surface area contributed by atoms with Gasteiger partial charge in [0.05, 0.1) is 24.9 Å². The second-order valence-corrected chi connectivity index (χ2v) is 16.1. The molecule has 0 aromatic rings. The highest BCUT2D eigenvalue weighted by molar-refractivity contribution is 6.74. The van der Waals surface area contributed by atoms with Crippen molar-refractivity contribution in [1.29, 1.82) is 0 Å². The third-order valence-electron chi connectivity index (χ3n) is 7.24. The highest BCUT2D eigenvalue weighted by Gasteiger charge is 2.50. The first-order valence-electron chi connectivity index (χ1n) is 11.6. The molecule has 0 amide bonds. The Labute approximate surface area is 180 Å². The fourth-order valence-electron chi connectivity index (χ4n) is 4.41. The lowest BCUT2D eigenvalue weighted by atomic mass is 9.83. The van der Waals surface area contributed by atoms with Crippen LogP contribution in [0.15, 0.2) is 11.6 Å². The minimum Gasteiger partial charge on any atom is -0.414 e. The van der Waals surface area contributed by atoms with Gasteiger partial charge in [0, 0.05) is 12.8 Å². The summed E-state index contributed by atoms with van der Waals surface area (Å²) in [6, 6.07) is 0. The van der Waals surface area contributed by atoms with E-state index in [-0.39, 0.29) is 30.0 Å². The quantitative estimate of drug-likeness (QED) is 0.415. The van der Waals surface area contributed by atoms with Gasteiger partial charge < -0.3 is 19.0 Å². The summed E-state index contributed by atoms with van der Waals surface area (Å²) in [5, 5.41) is 9.56. The summed E-state index contributed by atoms with van der Waals surface area (Å²) in [6.07, 6.45) is 7.17. The van der Waals surface area contributed by atoms with Crippen LogP contribution in [0.3, 0.4) is 0 Å². The van der Waals surface area contributed by atoms with Gasteiger partial charge in [-0.1, -0.05) is 53.2 Å². The van der Waals surface area contributed by atoms with Gasteiger partial charge in [-0.05, 0) is 56.2 Å². The number of ether oxygens (including phenoxy) is 2. The maximum absolute atomic E-state index is 9.37. The van der Waals surface area contributed by atoms with Crippen LogP contribution in [0.2, 0.25) is 18.1 Å². The van der Waals surface area contributed by atoms with Crippen LogP contribution in [0.25, 0.3) is 0 Å². The number of rotatable bonds is 6. The highest BCUT2D eigenvalue weighted by Crippen LogP contribution is 2.46. The van der Waals surface area contributed by atoms with Crippen molar-refractivity contribution in [3.8, 4) is 0 Å². The Balaban J connectivity index is 2.24. The van der Waals surface area contributed by atoms with Crippen LogP contribution in [0.4, 0.5) is 0 Å². The Morgan fingerprint density at radius 2 is 1.93 bits per heavy atom. The van der Waals surface area contributed by atoms with Crippen LogP contribution < -0.4 is 0 Å². The zero-order valence-electron chi connectivity index (χ0n) is 20.4. The molecule has 0 aromatic carbocycles. The zero-order valence-corrected chi connectivity index (χ0v) is 21.4. The molecule has 2 rings (SSSR count). The van der Waals surface area contributed by atoms with E-state index >= 15 is 0 Å². The number of aliphatic hydroxyl groups is 1. The molecule has 1 N–H and O–H groups in total. The van der Waals surface area contributed by atoms with Gasteiger partial charge in [-0.3, -0.25) is 0 Å². The summed E-state index contributed by atoms with van der Waals surface area (Å²) < 4.78 is 20.2. The molecule has 2 saturated heterocycles. The minimum atomic E-state index is -1.87. The van der Waals surface area contributed by atoms with E-state index in [1.807, 2.05) is 6.92 Å². The largest absolute Gasteiger partial charge is 0.414 e. The smallest absolute Gasteiger partial charge is 0.192 e. The molecular formula is C24H46O4Si. The molecule has 2 fully saturated rings. The van der Waals surface area contributed by atoms with Crippen molar-refractivity contribution in [2.45, 2.75) is 123 Å². The predicted octanol–water partition coefficient (Wildman–Crippen LogP) is 6.05. The summed E-state index contributed by atoms with van der Waals surface area (Å²) in [4.78, 5) is 0. The average Bonchev–Trinajstić information content (AvgIpc) is 2.60. The van der Waals surface area contributed by atoms with E-state index in [0.29, 0.717) is 11.8 Å². The van der Waals surface area contributed by atoms with E-state index in [0.717, 1.165) is 37.7 Å². The van der Waals surface area contributed by atoms with Crippen LogP contribution >= 0.6 is 0 Å².